The molecule has 1 fully saturated rings. The van der Waals surface area contributed by atoms with E-state index in [9.17, 15) is 14.4 Å². The number of aromatic nitrogens is 1. The minimum atomic E-state index is -0.369. The summed E-state index contributed by atoms with van der Waals surface area (Å²) < 4.78 is 12.2. The lowest BCUT2D eigenvalue weighted by Gasteiger charge is -2.34. The highest BCUT2D eigenvalue weighted by atomic mass is 16.6. The lowest BCUT2D eigenvalue weighted by Crippen LogP contribution is -2.51. The second-order valence-corrected chi connectivity index (χ2v) is 6.75. The van der Waals surface area contributed by atoms with Crippen molar-refractivity contribution in [2.24, 2.45) is 7.05 Å². The first kappa shape index (κ1) is 20.4. The van der Waals surface area contributed by atoms with Gasteiger partial charge in [-0.2, -0.15) is 0 Å². The van der Waals surface area contributed by atoms with Crippen molar-refractivity contribution in [2.75, 3.05) is 32.8 Å². The van der Waals surface area contributed by atoms with Crippen molar-refractivity contribution in [3.05, 3.63) is 64.1 Å². The van der Waals surface area contributed by atoms with Crippen LogP contribution in [0.25, 0.3) is 0 Å². The molecule has 3 rings (SSSR count). The highest BCUT2D eigenvalue weighted by Gasteiger charge is 2.26. The maximum Gasteiger partial charge on any atom is 0.409 e. The van der Waals surface area contributed by atoms with Gasteiger partial charge in [-0.1, -0.05) is 30.3 Å². The molecule has 154 valence electrons. The highest BCUT2D eigenvalue weighted by molar-refractivity contribution is 5.92. The number of hydrogen-bond donors (Lipinski definition) is 0. The van der Waals surface area contributed by atoms with E-state index in [0.29, 0.717) is 32.8 Å². The second kappa shape index (κ2) is 9.27. The molecule has 1 aliphatic heterocycles. The van der Waals surface area contributed by atoms with Crippen LogP contribution in [0, 0.1) is 0 Å². The molecule has 2 aromatic rings. The predicted octanol–water partition coefficient (Wildman–Crippen LogP) is 1.88. The SMILES string of the molecule is CCOC(=O)N1CCN(C(=O)c2cc(=O)c(OCc3ccccc3)cn2C)CC1. The van der Waals surface area contributed by atoms with Gasteiger partial charge in [0, 0.05) is 39.3 Å². The summed E-state index contributed by atoms with van der Waals surface area (Å²) >= 11 is 0. The largest absolute Gasteiger partial charge is 0.483 e. The molecule has 0 atom stereocenters. The molecule has 1 saturated heterocycles. The van der Waals surface area contributed by atoms with E-state index in [1.54, 1.807) is 28.3 Å². The number of nitrogens with zero attached hydrogens (tertiary/aromatic N) is 3. The summed E-state index contributed by atoms with van der Waals surface area (Å²) in [5.74, 6) is -0.0530. The maximum absolute atomic E-state index is 12.9. The fourth-order valence-electron chi connectivity index (χ4n) is 3.13. The van der Waals surface area contributed by atoms with Crippen LogP contribution in [-0.2, 0) is 18.4 Å². The molecule has 1 aromatic carbocycles. The van der Waals surface area contributed by atoms with Crippen LogP contribution in [0.15, 0.2) is 47.4 Å². The summed E-state index contributed by atoms with van der Waals surface area (Å²) in [5.41, 5.74) is 0.897. The summed E-state index contributed by atoms with van der Waals surface area (Å²) in [7, 11) is 1.71. The van der Waals surface area contributed by atoms with E-state index < -0.39 is 0 Å². The van der Waals surface area contributed by atoms with Crippen LogP contribution < -0.4 is 10.2 Å². The summed E-state index contributed by atoms with van der Waals surface area (Å²) in [6.07, 6.45) is 1.17. The van der Waals surface area contributed by atoms with Crippen molar-refractivity contribution in [3.8, 4) is 5.75 Å². The summed E-state index contributed by atoms with van der Waals surface area (Å²) in [5, 5.41) is 0. The van der Waals surface area contributed by atoms with Gasteiger partial charge in [-0.05, 0) is 12.5 Å². The molecular weight excluding hydrogens is 374 g/mol. The molecule has 1 aliphatic rings. The van der Waals surface area contributed by atoms with Gasteiger partial charge >= 0.3 is 6.09 Å². The van der Waals surface area contributed by atoms with E-state index in [4.69, 9.17) is 9.47 Å². The zero-order valence-electron chi connectivity index (χ0n) is 16.7. The zero-order valence-corrected chi connectivity index (χ0v) is 16.7. The molecule has 0 aliphatic carbocycles. The Kier molecular flexibility index (Phi) is 6.54. The number of aryl methyl sites for hydroxylation is 1. The van der Waals surface area contributed by atoms with E-state index in [1.165, 1.54) is 12.3 Å². The van der Waals surface area contributed by atoms with Crippen LogP contribution in [0.3, 0.4) is 0 Å². The Balaban J connectivity index is 1.65. The van der Waals surface area contributed by atoms with Crippen molar-refractivity contribution in [1.82, 2.24) is 14.4 Å². The van der Waals surface area contributed by atoms with Gasteiger partial charge in [-0.15, -0.1) is 0 Å². The average molecular weight is 399 g/mol. The summed E-state index contributed by atoms with van der Waals surface area (Å²) in [4.78, 5) is 40.3. The number of rotatable bonds is 5. The third kappa shape index (κ3) is 4.96. The number of ether oxygens (including phenoxy) is 2. The minimum absolute atomic E-state index is 0.194. The minimum Gasteiger partial charge on any atom is -0.483 e. The molecular formula is C21H25N3O5. The standard InChI is InChI=1S/C21H25N3O5/c1-3-28-21(27)24-11-9-23(10-12-24)20(26)17-13-18(25)19(14-22(17)2)29-15-16-7-5-4-6-8-16/h4-8,13-14H,3,9-12,15H2,1-2H3. The van der Waals surface area contributed by atoms with Gasteiger partial charge in [-0.25, -0.2) is 4.79 Å². The number of hydrogen-bond acceptors (Lipinski definition) is 5. The van der Waals surface area contributed by atoms with Crippen molar-refractivity contribution >= 4 is 12.0 Å². The van der Waals surface area contributed by atoms with Crippen LogP contribution in [0.2, 0.25) is 0 Å². The first-order valence-corrected chi connectivity index (χ1v) is 9.58. The molecule has 0 N–H and O–H groups in total. The third-order valence-electron chi connectivity index (χ3n) is 4.75. The van der Waals surface area contributed by atoms with Crippen molar-refractivity contribution in [1.29, 1.82) is 0 Å². The zero-order chi connectivity index (χ0) is 20.8. The van der Waals surface area contributed by atoms with Crippen LogP contribution >= 0.6 is 0 Å². The Morgan fingerprint density at radius 3 is 2.34 bits per heavy atom. The molecule has 0 unspecified atom stereocenters. The van der Waals surface area contributed by atoms with E-state index >= 15 is 0 Å². The molecule has 29 heavy (non-hydrogen) atoms. The van der Waals surface area contributed by atoms with Gasteiger partial charge < -0.3 is 23.8 Å². The quantitative estimate of drug-likeness (QED) is 0.767. The van der Waals surface area contributed by atoms with Crippen LogP contribution in [-0.4, -0.2) is 59.2 Å². The number of pyridine rings is 1. The molecule has 0 bridgehead atoms. The summed E-state index contributed by atoms with van der Waals surface area (Å²) in [6, 6.07) is 10.9. The lowest BCUT2D eigenvalue weighted by molar-refractivity contribution is 0.0562. The number of carbonyl (C=O) groups excluding carboxylic acids is 2. The van der Waals surface area contributed by atoms with Gasteiger partial charge in [0.2, 0.25) is 5.43 Å². The Bertz CT molecular complexity index is 918. The number of benzene rings is 1. The van der Waals surface area contributed by atoms with Gasteiger partial charge in [0.1, 0.15) is 12.3 Å². The topological polar surface area (TPSA) is 81.1 Å². The average Bonchev–Trinajstić information content (AvgIpc) is 2.74. The molecule has 0 spiro atoms. The first-order valence-electron chi connectivity index (χ1n) is 9.58. The second-order valence-electron chi connectivity index (χ2n) is 6.75. The molecule has 2 heterocycles. The van der Waals surface area contributed by atoms with Crippen molar-refractivity contribution in [3.63, 3.8) is 0 Å². The van der Waals surface area contributed by atoms with Gasteiger partial charge in [0.25, 0.3) is 5.91 Å². The van der Waals surface area contributed by atoms with Crippen molar-refractivity contribution in [2.45, 2.75) is 13.5 Å². The third-order valence-corrected chi connectivity index (χ3v) is 4.75. The Morgan fingerprint density at radius 2 is 1.69 bits per heavy atom. The Hall–Kier alpha value is -3.29. The number of amides is 2. The smallest absolute Gasteiger partial charge is 0.409 e. The fourth-order valence-corrected chi connectivity index (χ4v) is 3.13. The van der Waals surface area contributed by atoms with E-state index in [-0.39, 0.29) is 35.5 Å². The summed E-state index contributed by atoms with van der Waals surface area (Å²) in [6.45, 7) is 3.92. The van der Waals surface area contributed by atoms with Gasteiger partial charge in [0.15, 0.2) is 5.75 Å². The van der Waals surface area contributed by atoms with E-state index in [2.05, 4.69) is 0 Å². The van der Waals surface area contributed by atoms with Crippen LogP contribution in [0.1, 0.15) is 23.0 Å². The predicted molar refractivity (Wildman–Crippen MR) is 107 cm³/mol. The monoisotopic (exact) mass is 399 g/mol. The molecule has 8 heteroatoms. The Labute approximate surface area is 169 Å². The highest BCUT2D eigenvalue weighted by Crippen LogP contribution is 2.12. The first-order chi connectivity index (χ1) is 14.0. The van der Waals surface area contributed by atoms with E-state index in [1.807, 2.05) is 30.3 Å². The molecule has 1 aromatic heterocycles. The van der Waals surface area contributed by atoms with Crippen molar-refractivity contribution < 1.29 is 19.1 Å². The van der Waals surface area contributed by atoms with Crippen LogP contribution in [0.5, 0.6) is 5.75 Å². The van der Waals surface area contributed by atoms with Crippen LogP contribution in [0.4, 0.5) is 4.79 Å². The van der Waals surface area contributed by atoms with Gasteiger partial charge in [0.05, 0.1) is 12.8 Å². The van der Waals surface area contributed by atoms with E-state index in [0.717, 1.165) is 5.56 Å². The Morgan fingerprint density at radius 1 is 1.03 bits per heavy atom. The molecule has 8 nitrogen and oxygen atoms in total. The van der Waals surface area contributed by atoms with Gasteiger partial charge in [-0.3, -0.25) is 9.59 Å². The maximum atomic E-state index is 12.9. The molecule has 0 radical (unpaired) electrons. The normalized spacial score (nSPS) is 13.9. The lowest BCUT2D eigenvalue weighted by atomic mass is 10.2. The number of piperazine rings is 1. The fraction of sp³-hybridized carbons (Fsp3) is 0.381. The molecule has 0 saturated carbocycles. The number of carbonyl (C=O) groups is 2. The molecule has 2 amide bonds.